The van der Waals surface area contributed by atoms with Gasteiger partial charge in [-0.3, -0.25) is 0 Å². The number of hydrogen-bond acceptors (Lipinski definition) is 3. The van der Waals surface area contributed by atoms with E-state index in [0.717, 1.165) is 29.3 Å². The van der Waals surface area contributed by atoms with Crippen LogP contribution in [0.4, 0.5) is 0 Å². The van der Waals surface area contributed by atoms with Crippen molar-refractivity contribution < 1.29 is 14.6 Å². The van der Waals surface area contributed by atoms with Gasteiger partial charge in [0.15, 0.2) is 0 Å². The number of ether oxygens (including phenoxy) is 2. The first-order chi connectivity index (χ1) is 9.04. The summed E-state index contributed by atoms with van der Waals surface area (Å²) in [5, 5.41) is 11.1. The van der Waals surface area contributed by atoms with Crippen molar-refractivity contribution in [3.63, 3.8) is 0 Å². The number of methoxy groups -OCH3 is 2. The number of aliphatic hydroxyl groups is 1. The van der Waals surface area contributed by atoms with Crippen molar-refractivity contribution in [2.75, 3.05) is 14.2 Å². The fraction of sp³-hybridized carbons (Fsp3) is 0.600. The van der Waals surface area contributed by atoms with Gasteiger partial charge in [0.1, 0.15) is 16.0 Å². The number of rotatable bonds is 3. The lowest BCUT2D eigenvalue weighted by atomic mass is 9.72. The van der Waals surface area contributed by atoms with Gasteiger partial charge in [0.05, 0.1) is 19.8 Å². The summed E-state index contributed by atoms with van der Waals surface area (Å²) in [6, 6.07) is 3.80. The SMILES string of the molecule is COc1ccc(C2(O)CCCCC2C)c(OC)c1Br. The van der Waals surface area contributed by atoms with Gasteiger partial charge in [-0.25, -0.2) is 0 Å². The van der Waals surface area contributed by atoms with Gasteiger partial charge in [0.25, 0.3) is 0 Å². The summed E-state index contributed by atoms with van der Waals surface area (Å²) >= 11 is 3.50. The maximum atomic E-state index is 11.1. The molecule has 2 rings (SSSR count). The van der Waals surface area contributed by atoms with Crippen LogP contribution in [0.25, 0.3) is 0 Å². The first-order valence-corrected chi connectivity index (χ1v) is 7.47. The van der Waals surface area contributed by atoms with Crippen LogP contribution in [-0.4, -0.2) is 19.3 Å². The third-order valence-corrected chi connectivity index (χ3v) is 4.96. The van der Waals surface area contributed by atoms with E-state index < -0.39 is 5.60 Å². The molecule has 2 unspecified atom stereocenters. The van der Waals surface area contributed by atoms with Gasteiger partial charge in [0.2, 0.25) is 0 Å². The molecule has 0 heterocycles. The fourth-order valence-electron chi connectivity index (χ4n) is 2.97. The largest absolute Gasteiger partial charge is 0.495 e. The highest BCUT2D eigenvalue weighted by Gasteiger charge is 2.40. The van der Waals surface area contributed by atoms with Crippen molar-refractivity contribution in [1.29, 1.82) is 0 Å². The van der Waals surface area contributed by atoms with Crippen LogP contribution in [0.15, 0.2) is 16.6 Å². The second-order valence-corrected chi connectivity index (χ2v) is 6.03. The van der Waals surface area contributed by atoms with Gasteiger partial charge < -0.3 is 14.6 Å². The Balaban J connectivity index is 2.52. The lowest BCUT2D eigenvalue weighted by Crippen LogP contribution is -2.36. The minimum atomic E-state index is -0.807. The molecule has 1 aliphatic rings. The zero-order chi connectivity index (χ0) is 14.0. The predicted molar refractivity (Wildman–Crippen MR) is 78.8 cm³/mol. The van der Waals surface area contributed by atoms with Crippen molar-refractivity contribution in [1.82, 2.24) is 0 Å². The second kappa shape index (κ2) is 5.71. The summed E-state index contributed by atoms with van der Waals surface area (Å²) in [6.45, 7) is 2.11. The molecule has 0 spiro atoms. The minimum absolute atomic E-state index is 0.232. The maximum absolute atomic E-state index is 11.1. The average molecular weight is 329 g/mol. The summed E-state index contributed by atoms with van der Waals surface area (Å²) in [5.74, 6) is 1.62. The van der Waals surface area contributed by atoms with Gasteiger partial charge in [-0.15, -0.1) is 0 Å². The van der Waals surface area contributed by atoms with Crippen LogP contribution < -0.4 is 9.47 Å². The van der Waals surface area contributed by atoms with Gasteiger partial charge in [-0.1, -0.05) is 19.8 Å². The molecule has 19 heavy (non-hydrogen) atoms. The van der Waals surface area contributed by atoms with Crippen LogP contribution in [0, 0.1) is 5.92 Å². The fourth-order valence-corrected chi connectivity index (χ4v) is 3.64. The highest BCUT2D eigenvalue weighted by atomic mass is 79.9. The van der Waals surface area contributed by atoms with Crippen molar-refractivity contribution in [2.24, 2.45) is 5.92 Å². The number of halogens is 1. The first-order valence-electron chi connectivity index (χ1n) is 6.68. The quantitative estimate of drug-likeness (QED) is 0.915. The Morgan fingerprint density at radius 1 is 1.26 bits per heavy atom. The Bertz CT molecular complexity index is 461. The van der Waals surface area contributed by atoms with E-state index in [2.05, 4.69) is 22.9 Å². The second-order valence-electron chi connectivity index (χ2n) is 5.23. The van der Waals surface area contributed by atoms with Gasteiger partial charge >= 0.3 is 0 Å². The molecule has 0 bridgehead atoms. The Kier molecular flexibility index (Phi) is 4.41. The standard InChI is InChI=1S/C15H21BrO3/c1-10-6-4-5-9-15(10,17)11-7-8-12(18-2)13(16)14(11)19-3/h7-8,10,17H,4-6,9H2,1-3H3. The predicted octanol–water partition coefficient (Wildman–Crippen LogP) is 3.86. The molecule has 0 amide bonds. The summed E-state index contributed by atoms with van der Waals surface area (Å²) < 4.78 is 11.5. The van der Waals surface area contributed by atoms with E-state index in [4.69, 9.17) is 9.47 Å². The zero-order valence-corrected chi connectivity index (χ0v) is 13.3. The number of benzene rings is 1. The molecule has 0 radical (unpaired) electrons. The molecule has 2 atom stereocenters. The minimum Gasteiger partial charge on any atom is -0.495 e. The highest BCUT2D eigenvalue weighted by Crippen LogP contribution is 2.48. The molecule has 1 fully saturated rings. The molecule has 1 aliphatic carbocycles. The van der Waals surface area contributed by atoms with E-state index in [-0.39, 0.29) is 5.92 Å². The molecular formula is C15H21BrO3. The Hall–Kier alpha value is -0.740. The van der Waals surface area contributed by atoms with Crippen LogP contribution in [0.3, 0.4) is 0 Å². The van der Waals surface area contributed by atoms with Crippen molar-refractivity contribution >= 4 is 15.9 Å². The normalized spacial score (nSPS) is 27.1. The molecule has 106 valence electrons. The van der Waals surface area contributed by atoms with Crippen LogP contribution >= 0.6 is 15.9 Å². The average Bonchev–Trinajstić information content (AvgIpc) is 2.41. The smallest absolute Gasteiger partial charge is 0.142 e. The van der Waals surface area contributed by atoms with E-state index in [1.807, 2.05) is 12.1 Å². The van der Waals surface area contributed by atoms with E-state index in [1.54, 1.807) is 14.2 Å². The molecule has 4 heteroatoms. The van der Waals surface area contributed by atoms with Gasteiger partial charge in [-0.05, 0) is 46.8 Å². The Labute approximate surface area is 123 Å². The number of hydrogen-bond donors (Lipinski definition) is 1. The monoisotopic (exact) mass is 328 g/mol. The maximum Gasteiger partial charge on any atom is 0.142 e. The van der Waals surface area contributed by atoms with E-state index >= 15 is 0 Å². The van der Waals surface area contributed by atoms with Crippen molar-refractivity contribution in [3.05, 3.63) is 22.2 Å². The topological polar surface area (TPSA) is 38.7 Å². The van der Waals surface area contributed by atoms with Gasteiger partial charge in [-0.2, -0.15) is 0 Å². The lowest BCUT2D eigenvalue weighted by molar-refractivity contribution is -0.0486. The van der Waals surface area contributed by atoms with Crippen molar-refractivity contribution in [2.45, 2.75) is 38.2 Å². The van der Waals surface area contributed by atoms with Gasteiger partial charge in [0, 0.05) is 5.56 Å². The zero-order valence-electron chi connectivity index (χ0n) is 11.7. The molecule has 1 aromatic carbocycles. The third kappa shape index (κ3) is 2.48. The van der Waals surface area contributed by atoms with Crippen LogP contribution in [0.5, 0.6) is 11.5 Å². The summed E-state index contributed by atoms with van der Waals surface area (Å²) in [4.78, 5) is 0. The Morgan fingerprint density at radius 2 is 2.00 bits per heavy atom. The summed E-state index contributed by atoms with van der Waals surface area (Å²) in [5.41, 5.74) is 0.0492. The van der Waals surface area contributed by atoms with Crippen molar-refractivity contribution in [3.8, 4) is 11.5 Å². The molecule has 0 aliphatic heterocycles. The highest BCUT2D eigenvalue weighted by molar-refractivity contribution is 9.10. The Morgan fingerprint density at radius 3 is 2.58 bits per heavy atom. The summed E-state index contributed by atoms with van der Waals surface area (Å²) in [7, 11) is 3.25. The molecular weight excluding hydrogens is 308 g/mol. The molecule has 0 aromatic heterocycles. The van der Waals surface area contributed by atoms with E-state index in [1.165, 1.54) is 6.42 Å². The van der Waals surface area contributed by atoms with Crippen LogP contribution in [-0.2, 0) is 5.60 Å². The molecule has 3 nitrogen and oxygen atoms in total. The molecule has 1 saturated carbocycles. The van der Waals surface area contributed by atoms with Crippen LogP contribution in [0.2, 0.25) is 0 Å². The lowest BCUT2D eigenvalue weighted by Gasteiger charge is -2.39. The molecule has 1 N–H and O–H groups in total. The molecule has 1 aromatic rings. The molecule has 0 saturated heterocycles. The first kappa shape index (κ1) is 14.7. The van der Waals surface area contributed by atoms with Crippen LogP contribution in [0.1, 0.15) is 38.2 Å². The summed E-state index contributed by atoms with van der Waals surface area (Å²) in [6.07, 6.45) is 4.06. The van der Waals surface area contributed by atoms with E-state index in [9.17, 15) is 5.11 Å². The van der Waals surface area contributed by atoms with E-state index in [0.29, 0.717) is 11.5 Å². The third-order valence-electron chi connectivity index (χ3n) is 4.21.